The largest absolute Gasteiger partial charge is 0.334 e. The molecule has 2 aromatic carbocycles. The molecule has 1 aliphatic rings. The molecule has 6 heteroatoms. The lowest BCUT2D eigenvalue weighted by Crippen LogP contribution is -2.33. The van der Waals surface area contributed by atoms with Crippen molar-refractivity contribution in [1.82, 2.24) is 9.55 Å². The molecule has 5 nitrogen and oxygen atoms in total. The molecule has 0 atom stereocenters. The lowest BCUT2D eigenvalue weighted by molar-refractivity contribution is 0.584. The van der Waals surface area contributed by atoms with E-state index in [4.69, 9.17) is 0 Å². The van der Waals surface area contributed by atoms with E-state index in [1.807, 2.05) is 62.4 Å². The first-order valence-electron chi connectivity index (χ1n) is 8.22. The average Bonchev–Trinajstić information content (AvgIpc) is 3.12. The van der Waals surface area contributed by atoms with E-state index in [-0.39, 0.29) is 11.1 Å². The maximum Gasteiger partial charge on any atom is 0.283 e. The lowest BCUT2D eigenvalue weighted by Gasteiger charge is -2.31. The summed E-state index contributed by atoms with van der Waals surface area (Å²) < 4.78 is 29.7. The molecule has 0 radical (unpaired) electrons. The molecule has 1 aliphatic heterocycles. The van der Waals surface area contributed by atoms with Gasteiger partial charge in [-0.3, -0.25) is 4.31 Å². The maximum atomic E-state index is 13.2. The van der Waals surface area contributed by atoms with E-state index >= 15 is 0 Å². The molecule has 0 N–H and O–H groups in total. The number of nitrogens with zero attached hydrogens (tertiary/aromatic N) is 3. The van der Waals surface area contributed by atoms with Crippen LogP contribution in [0.4, 0.5) is 5.69 Å². The van der Waals surface area contributed by atoms with Crippen molar-refractivity contribution < 1.29 is 8.42 Å². The van der Waals surface area contributed by atoms with Gasteiger partial charge in [-0.1, -0.05) is 42.5 Å². The van der Waals surface area contributed by atoms with Gasteiger partial charge in [0.1, 0.15) is 0 Å². The van der Waals surface area contributed by atoms with E-state index in [1.165, 1.54) is 4.31 Å². The van der Waals surface area contributed by atoms with Crippen LogP contribution in [0.1, 0.15) is 25.5 Å². The molecule has 128 valence electrons. The van der Waals surface area contributed by atoms with E-state index in [0.29, 0.717) is 12.2 Å². The van der Waals surface area contributed by atoms with Crippen LogP contribution in [-0.4, -0.2) is 18.0 Å². The molecule has 0 unspecified atom stereocenters. The Hall–Kier alpha value is -2.60. The summed E-state index contributed by atoms with van der Waals surface area (Å²) in [5.74, 6) is 0. The van der Waals surface area contributed by atoms with Gasteiger partial charge in [-0.25, -0.2) is 4.98 Å². The molecule has 0 bridgehead atoms. The van der Waals surface area contributed by atoms with Crippen molar-refractivity contribution in [2.45, 2.75) is 31.5 Å². The van der Waals surface area contributed by atoms with Crippen LogP contribution in [0.15, 0.2) is 66.1 Å². The van der Waals surface area contributed by atoms with Crippen molar-refractivity contribution in [1.29, 1.82) is 0 Å². The Bertz CT molecular complexity index is 1040. The van der Waals surface area contributed by atoms with E-state index in [1.54, 1.807) is 17.1 Å². The molecule has 1 aromatic heterocycles. The Labute approximate surface area is 147 Å². The van der Waals surface area contributed by atoms with Crippen molar-refractivity contribution in [3.05, 3.63) is 66.6 Å². The van der Waals surface area contributed by atoms with Gasteiger partial charge < -0.3 is 4.57 Å². The fraction of sp³-hybridized carbons (Fsp3) is 0.211. The van der Waals surface area contributed by atoms with Gasteiger partial charge in [-0.05, 0) is 31.0 Å². The van der Waals surface area contributed by atoms with E-state index < -0.39 is 10.0 Å². The summed E-state index contributed by atoms with van der Waals surface area (Å²) in [6.45, 7) is 4.29. The fourth-order valence-corrected chi connectivity index (χ4v) is 4.53. The number of imidazole rings is 1. The molecule has 0 saturated carbocycles. The molecule has 4 rings (SSSR count). The normalized spacial score (nSPS) is 13.6. The van der Waals surface area contributed by atoms with Gasteiger partial charge >= 0.3 is 0 Å². The van der Waals surface area contributed by atoms with Gasteiger partial charge in [0.05, 0.1) is 18.6 Å². The van der Waals surface area contributed by atoms with Crippen LogP contribution in [0.5, 0.6) is 0 Å². The SMILES string of the molecule is CC(C)n1cnc(S(=O)(=O)N2Cc3ccccc3-c3ccccc32)c1. The molecule has 0 aliphatic carbocycles. The number of aromatic nitrogens is 2. The Kier molecular flexibility index (Phi) is 3.65. The third-order valence-corrected chi connectivity index (χ3v) is 6.17. The Balaban J connectivity index is 1.85. The van der Waals surface area contributed by atoms with Crippen LogP contribution in [0, 0.1) is 0 Å². The van der Waals surface area contributed by atoms with Crippen molar-refractivity contribution in [3.63, 3.8) is 0 Å². The van der Waals surface area contributed by atoms with Crippen LogP contribution in [-0.2, 0) is 16.6 Å². The highest BCUT2D eigenvalue weighted by Gasteiger charge is 2.32. The average molecular weight is 353 g/mol. The molecule has 0 fully saturated rings. The molecule has 0 spiro atoms. The second kappa shape index (κ2) is 5.74. The molecule has 2 heterocycles. The lowest BCUT2D eigenvalue weighted by atomic mass is 9.95. The summed E-state index contributed by atoms with van der Waals surface area (Å²) in [6, 6.07) is 15.7. The summed E-state index contributed by atoms with van der Waals surface area (Å²) >= 11 is 0. The number of fused-ring (bicyclic) bond motifs is 3. The Morgan fingerprint density at radius 2 is 1.68 bits per heavy atom. The smallest absolute Gasteiger partial charge is 0.283 e. The zero-order valence-electron chi connectivity index (χ0n) is 14.1. The van der Waals surface area contributed by atoms with Crippen LogP contribution >= 0.6 is 0 Å². The second-order valence-electron chi connectivity index (χ2n) is 6.44. The highest BCUT2D eigenvalue weighted by atomic mass is 32.2. The Morgan fingerprint density at radius 3 is 2.40 bits per heavy atom. The van der Waals surface area contributed by atoms with Gasteiger partial charge in [-0.15, -0.1) is 0 Å². The molecule has 3 aromatic rings. The zero-order chi connectivity index (χ0) is 17.6. The number of benzene rings is 2. The van der Waals surface area contributed by atoms with Crippen molar-refractivity contribution in [3.8, 4) is 11.1 Å². The van der Waals surface area contributed by atoms with E-state index in [0.717, 1.165) is 16.7 Å². The minimum atomic E-state index is -3.73. The van der Waals surface area contributed by atoms with Crippen LogP contribution in [0.25, 0.3) is 11.1 Å². The van der Waals surface area contributed by atoms with Crippen molar-refractivity contribution >= 4 is 15.7 Å². The predicted octanol–water partition coefficient (Wildman–Crippen LogP) is 3.84. The van der Waals surface area contributed by atoms with Crippen LogP contribution < -0.4 is 4.31 Å². The third kappa shape index (κ3) is 2.53. The van der Waals surface area contributed by atoms with Gasteiger partial charge in [0.15, 0.2) is 5.03 Å². The fourth-order valence-electron chi connectivity index (χ4n) is 3.14. The highest BCUT2D eigenvalue weighted by Crippen LogP contribution is 2.41. The van der Waals surface area contributed by atoms with Crippen molar-refractivity contribution in [2.24, 2.45) is 0 Å². The number of hydrogen-bond acceptors (Lipinski definition) is 3. The number of para-hydroxylation sites is 1. The van der Waals surface area contributed by atoms with Crippen LogP contribution in [0.3, 0.4) is 0 Å². The zero-order valence-corrected chi connectivity index (χ0v) is 14.9. The number of rotatable bonds is 3. The van der Waals surface area contributed by atoms with Crippen LogP contribution in [0.2, 0.25) is 0 Å². The molecular weight excluding hydrogens is 334 g/mol. The first-order chi connectivity index (χ1) is 12.0. The Morgan fingerprint density at radius 1 is 1.00 bits per heavy atom. The topological polar surface area (TPSA) is 55.2 Å². The molecule has 0 saturated heterocycles. The molecular formula is C19H19N3O2S. The van der Waals surface area contributed by atoms with Gasteiger partial charge in [0.25, 0.3) is 10.0 Å². The monoisotopic (exact) mass is 353 g/mol. The number of hydrogen-bond donors (Lipinski definition) is 0. The summed E-state index contributed by atoms with van der Waals surface area (Å²) in [6.07, 6.45) is 3.17. The quantitative estimate of drug-likeness (QED) is 0.719. The summed E-state index contributed by atoms with van der Waals surface area (Å²) in [5.41, 5.74) is 3.70. The first-order valence-corrected chi connectivity index (χ1v) is 9.66. The summed E-state index contributed by atoms with van der Waals surface area (Å²) in [5, 5.41) is 0.0791. The minimum Gasteiger partial charge on any atom is -0.334 e. The standard InChI is InChI=1S/C19H19N3O2S/c1-14(2)21-12-19(20-13-21)25(23,24)22-11-15-7-3-4-8-16(15)17-9-5-6-10-18(17)22/h3-10,12-14H,11H2,1-2H3. The van der Waals surface area contributed by atoms with E-state index in [9.17, 15) is 8.42 Å². The molecule has 0 amide bonds. The van der Waals surface area contributed by atoms with Gasteiger partial charge in [0.2, 0.25) is 0 Å². The predicted molar refractivity (Wildman–Crippen MR) is 97.9 cm³/mol. The molecule has 25 heavy (non-hydrogen) atoms. The number of anilines is 1. The highest BCUT2D eigenvalue weighted by molar-refractivity contribution is 7.92. The van der Waals surface area contributed by atoms with E-state index in [2.05, 4.69) is 4.98 Å². The summed E-state index contributed by atoms with van der Waals surface area (Å²) in [4.78, 5) is 4.15. The first kappa shape index (κ1) is 15.9. The summed E-state index contributed by atoms with van der Waals surface area (Å²) in [7, 11) is -3.73. The van der Waals surface area contributed by atoms with Gasteiger partial charge in [0, 0.05) is 17.8 Å². The second-order valence-corrected chi connectivity index (χ2v) is 8.25. The maximum absolute atomic E-state index is 13.2. The third-order valence-electron chi connectivity index (χ3n) is 4.52. The van der Waals surface area contributed by atoms with Gasteiger partial charge in [-0.2, -0.15) is 8.42 Å². The number of sulfonamides is 1. The minimum absolute atomic E-state index is 0.0791. The van der Waals surface area contributed by atoms with Crippen molar-refractivity contribution in [2.75, 3.05) is 4.31 Å².